The van der Waals surface area contributed by atoms with Gasteiger partial charge in [-0.15, -0.1) is 0 Å². The van der Waals surface area contributed by atoms with Crippen LogP contribution < -0.4 is 9.80 Å². The van der Waals surface area contributed by atoms with E-state index in [9.17, 15) is 4.79 Å². The number of hydrogen-bond donors (Lipinski definition) is 0. The predicted octanol–water partition coefficient (Wildman–Crippen LogP) is 8.47. The van der Waals surface area contributed by atoms with Crippen molar-refractivity contribution in [1.29, 1.82) is 0 Å². The first-order valence-electron chi connectivity index (χ1n) is 12.8. The van der Waals surface area contributed by atoms with E-state index in [4.69, 9.17) is 0 Å². The first kappa shape index (κ1) is 25.2. The highest BCUT2D eigenvalue weighted by molar-refractivity contribution is 6.09. The Bertz CT molecular complexity index is 1210. The minimum absolute atomic E-state index is 0.0401. The quantitative estimate of drug-likeness (QED) is 0.238. The molecule has 0 radical (unpaired) electrons. The molecule has 0 aliphatic heterocycles. The van der Waals surface area contributed by atoms with E-state index in [0.29, 0.717) is 11.1 Å². The number of carbonyl (C=O) groups excluding carboxylic acids is 1. The molecule has 184 valence electrons. The van der Waals surface area contributed by atoms with Crippen LogP contribution in [-0.4, -0.2) is 18.9 Å². The summed E-state index contributed by atoms with van der Waals surface area (Å²) in [6, 6.07) is 28.7. The number of hydrogen-bond acceptors (Lipinski definition) is 3. The van der Waals surface area contributed by atoms with E-state index >= 15 is 0 Å². The van der Waals surface area contributed by atoms with Crippen molar-refractivity contribution in [2.45, 2.75) is 41.5 Å². The third-order valence-corrected chi connectivity index (χ3v) is 6.93. The number of rotatable bonds is 8. The van der Waals surface area contributed by atoms with Gasteiger partial charge in [0.15, 0.2) is 5.78 Å². The molecule has 0 aliphatic rings. The van der Waals surface area contributed by atoms with E-state index in [2.05, 4.69) is 112 Å². The van der Waals surface area contributed by atoms with Gasteiger partial charge in [-0.1, -0.05) is 36.4 Å². The van der Waals surface area contributed by atoms with Crippen LogP contribution in [0.25, 0.3) is 0 Å². The largest absolute Gasteiger partial charge is 0.341 e. The first-order chi connectivity index (χ1) is 17.3. The highest BCUT2D eigenvalue weighted by Gasteiger charge is 2.16. The zero-order valence-electron chi connectivity index (χ0n) is 22.3. The summed E-state index contributed by atoms with van der Waals surface area (Å²) in [5, 5.41) is 0. The normalized spacial score (nSPS) is 10.8. The molecule has 0 amide bonds. The third-order valence-electron chi connectivity index (χ3n) is 6.93. The summed E-state index contributed by atoms with van der Waals surface area (Å²) >= 11 is 0. The van der Waals surface area contributed by atoms with Crippen LogP contribution >= 0.6 is 0 Å². The number of aryl methyl sites for hydroxylation is 4. The second kappa shape index (κ2) is 10.8. The van der Waals surface area contributed by atoms with Crippen molar-refractivity contribution in [3.05, 3.63) is 118 Å². The Morgan fingerprint density at radius 3 is 1.11 bits per heavy atom. The molecule has 4 rings (SSSR count). The van der Waals surface area contributed by atoms with Gasteiger partial charge in [0.2, 0.25) is 0 Å². The van der Waals surface area contributed by atoms with Crippen molar-refractivity contribution in [2.75, 3.05) is 22.9 Å². The van der Waals surface area contributed by atoms with Gasteiger partial charge >= 0.3 is 0 Å². The molecule has 0 heterocycles. The third kappa shape index (κ3) is 4.92. The van der Waals surface area contributed by atoms with Crippen molar-refractivity contribution >= 4 is 28.5 Å². The lowest BCUT2D eigenvalue weighted by molar-refractivity contribution is 0.103. The molecule has 0 aromatic heterocycles. The summed E-state index contributed by atoms with van der Waals surface area (Å²) in [7, 11) is 0. The molecule has 36 heavy (non-hydrogen) atoms. The van der Waals surface area contributed by atoms with E-state index in [-0.39, 0.29) is 5.78 Å². The van der Waals surface area contributed by atoms with Crippen LogP contribution in [-0.2, 0) is 0 Å². The van der Waals surface area contributed by atoms with Crippen molar-refractivity contribution < 1.29 is 4.79 Å². The maximum Gasteiger partial charge on any atom is 0.193 e. The molecule has 4 aromatic rings. The lowest BCUT2D eigenvalue weighted by atomic mass is 10.0. The monoisotopic (exact) mass is 476 g/mol. The molecule has 4 aromatic carbocycles. The predicted molar refractivity (Wildman–Crippen MR) is 154 cm³/mol. The summed E-state index contributed by atoms with van der Waals surface area (Å²) in [6.07, 6.45) is 0. The van der Waals surface area contributed by atoms with Crippen LogP contribution in [0.1, 0.15) is 52.0 Å². The Kier molecular flexibility index (Phi) is 7.59. The van der Waals surface area contributed by atoms with Crippen LogP contribution in [0, 0.1) is 27.7 Å². The fourth-order valence-corrected chi connectivity index (χ4v) is 5.15. The second-order valence-corrected chi connectivity index (χ2v) is 9.39. The van der Waals surface area contributed by atoms with Crippen LogP contribution in [0.15, 0.2) is 84.9 Å². The molecule has 0 saturated carbocycles. The zero-order chi connectivity index (χ0) is 25.8. The highest BCUT2D eigenvalue weighted by Crippen LogP contribution is 2.33. The summed E-state index contributed by atoms with van der Waals surface area (Å²) in [5.41, 5.74) is 11.1. The molecule has 3 heteroatoms. The molecule has 0 saturated heterocycles. The molecule has 3 nitrogen and oxygen atoms in total. The van der Waals surface area contributed by atoms with Crippen molar-refractivity contribution in [3.63, 3.8) is 0 Å². The van der Waals surface area contributed by atoms with Crippen molar-refractivity contribution in [1.82, 2.24) is 0 Å². The SMILES string of the molecule is CCN(c1ccc(C(=O)c2ccc(N(CC)c3c(C)cccc3C)cc2)cc1)c1c(C)cccc1C. The summed E-state index contributed by atoms with van der Waals surface area (Å²) in [5.74, 6) is 0.0401. The molecule has 0 atom stereocenters. The summed E-state index contributed by atoms with van der Waals surface area (Å²) < 4.78 is 0. The van der Waals surface area contributed by atoms with E-state index in [1.54, 1.807) is 0 Å². The summed E-state index contributed by atoms with van der Waals surface area (Å²) in [6.45, 7) is 14.6. The van der Waals surface area contributed by atoms with Crippen molar-refractivity contribution in [2.24, 2.45) is 0 Å². The number of ketones is 1. The molecule has 0 fully saturated rings. The number of benzene rings is 4. The number of anilines is 4. The van der Waals surface area contributed by atoms with Gasteiger partial charge < -0.3 is 9.80 Å². The maximum atomic E-state index is 13.3. The lowest BCUT2D eigenvalue weighted by Gasteiger charge is -2.27. The Hall–Kier alpha value is -3.85. The number of nitrogens with zero attached hydrogens (tertiary/aromatic N) is 2. The minimum Gasteiger partial charge on any atom is -0.341 e. The van der Waals surface area contributed by atoms with Gasteiger partial charge in [-0.2, -0.15) is 0 Å². The van der Waals surface area contributed by atoms with Crippen LogP contribution in [0.3, 0.4) is 0 Å². The first-order valence-corrected chi connectivity index (χ1v) is 12.8. The van der Waals surface area contributed by atoms with Crippen LogP contribution in [0.5, 0.6) is 0 Å². The van der Waals surface area contributed by atoms with E-state index in [1.807, 2.05) is 24.3 Å². The second-order valence-electron chi connectivity index (χ2n) is 9.39. The topological polar surface area (TPSA) is 23.6 Å². The fourth-order valence-electron chi connectivity index (χ4n) is 5.15. The number of carbonyl (C=O) groups is 1. The maximum absolute atomic E-state index is 13.3. The molecular weight excluding hydrogens is 440 g/mol. The van der Waals surface area contributed by atoms with Gasteiger partial charge in [-0.3, -0.25) is 4.79 Å². The number of para-hydroxylation sites is 2. The highest BCUT2D eigenvalue weighted by atomic mass is 16.1. The Balaban J connectivity index is 1.57. The van der Waals surface area contributed by atoms with Gasteiger partial charge in [-0.25, -0.2) is 0 Å². The van der Waals surface area contributed by atoms with Gasteiger partial charge in [0.05, 0.1) is 0 Å². The molecule has 0 spiro atoms. The van der Waals surface area contributed by atoms with E-state index in [0.717, 1.165) is 24.5 Å². The van der Waals surface area contributed by atoms with E-state index in [1.165, 1.54) is 33.6 Å². The average Bonchev–Trinajstić information content (AvgIpc) is 2.88. The molecule has 0 N–H and O–H groups in total. The van der Waals surface area contributed by atoms with E-state index < -0.39 is 0 Å². The smallest absolute Gasteiger partial charge is 0.193 e. The average molecular weight is 477 g/mol. The molecule has 0 aliphatic carbocycles. The van der Waals surface area contributed by atoms with Gasteiger partial charge in [0, 0.05) is 47.0 Å². The van der Waals surface area contributed by atoms with Crippen molar-refractivity contribution in [3.8, 4) is 0 Å². The lowest BCUT2D eigenvalue weighted by Crippen LogP contribution is -2.18. The van der Waals surface area contributed by atoms with Gasteiger partial charge in [0.1, 0.15) is 0 Å². The zero-order valence-corrected chi connectivity index (χ0v) is 22.3. The standard InChI is InChI=1S/C33H36N2O/c1-7-34(31-23(3)11-9-12-24(31)4)29-19-15-27(16-20-29)33(36)28-17-21-30(22-18-28)35(8-2)32-25(5)13-10-14-26(32)6/h9-22H,7-8H2,1-6H3. The Morgan fingerprint density at radius 1 is 0.528 bits per heavy atom. The van der Waals surface area contributed by atoms with Crippen LogP contribution in [0.4, 0.5) is 22.7 Å². The summed E-state index contributed by atoms with van der Waals surface area (Å²) in [4.78, 5) is 17.9. The minimum atomic E-state index is 0.0401. The molecular formula is C33H36N2O. The fraction of sp³-hybridized carbons (Fsp3) is 0.242. The van der Waals surface area contributed by atoms with Gasteiger partial charge in [0.25, 0.3) is 0 Å². The Morgan fingerprint density at radius 2 is 0.833 bits per heavy atom. The van der Waals surface area contributed by atoms with Gasteiger partial charge in [-0.05, 0) is 112 Å². The Labute approximate surface area is 216 Å². The van der Waals surface area contributed by atoms with Crippen LogP contribution in [0.2, 0.25) is 0 Å². The molecule has 0 bridgehead atoms. The molecule has 0 unspecified atom stereocenters.